The highest BCUT2D eigenvalue weighted by Gasteiger charge is 2.22. The number of carbonyl (C=O) groups excluding carboxylic acids is 1. The summed E-state index contributed by atoms with van der Waals surface area (Å²) in [5, 5.41) is 2.65. The number of hydrogen-bond donors (Lipinski definition) is 1. The van der Waals surface area contributed by atoms with Crippen LogP contribution in [0.4, 0.5) is 0 Å². The van der Waals surface area contributed by atoms with Crippen LogP contribution in [-0.2, 0) is 14.8 Å². The molecule has 0 saturated carbocycles. The summed E-state index contributed by atoms with van der Waals surface area (Å²) in [6, 6.07) is 13.9. The van der Waals surface area contributed by atoms with Crippen LogP contribution in [0.25, 0.3) is 0 Å². The molecule has 0 radical (unpaired) electrons. The van der Waals surface area contributed by atoms with E-state index in [1.807, 2.05) is 31.2 Å². The summed E-state index contributed by atoms with van der Waals surface area (Å²) in [7, 11) is -2.33. The van der Waals surface area contributed by atoms with E-state index in [0.29, 0.717) is 13.2 Å². The predicted molar refractivity (Wildman–Crippen MR) is 104 cm³/mol. The van der Waals surface area contributed by atoms with Gasteiger partial charge in [0.05, 0.1) is 18.0 Å². The molecular formula is C18H21BrN2O4S. The normalized spacial score (nSPS) is 11.4. The fourth-order valence-corrected chi connectivity index (χ4v) is 3.51. The van der Waals surface area contributed by atoms with Gasteiger partial charge in [-0.15, -0.1) is 0 Å². The first-order valence-electron chi connectivity index (χ1n) is 7.97. The van der Waals surface area contributed by atoms with E-state index in [-0.39, 0.29) is 17.3 Å². The van der Waals surface area contributed by atoms with Crippen molar-refractivity contribution >= 4 is 31.9 Å². The van der Waals surface area contributed by atoms with Crippen LogP contribution in [0.5, 0.6) is 5.75 Å². The molecule has 0 aliphatic rings. The van der Waals surface area contributed by atoms with Crippen LogP contribution < -0.4 is 10.1 Å². The largest absolute Gasteiger partial charge is 0.492 e. The van der Waals surface area contributed by atoms with Crippen molar-refractivity contribution in [1.29, 1.82) is 0 Å². The molecule has 2 aromatic rings. The molecule has 6 nitrogen and oxygen atoms in total. The molecule has 1 N–H and O–H groups in total. The second kappa shape index (κ2) is 9.16. The Morgan fingerprint density at radius 3 is 2.35 bits per heavy atom. The number of benzene rings is 2. The fourth-order valence-electron chi connectivity index (χ4n) is 2.12. The molecule has 0 fully saturated rings. The minimum atomic E-state index is -3.71. The number of hydrogen-bond acceptors (Lipinski definition) is 4. The summed E-state index contributed by atoms with van der Waals surface area (Å²) in [5.41, 5.74) is 1.14. The lowest BCUT2D eigenvalue weighted by Crippen LogP contribution is -2.39. The first-order chi connectivity index (χ1) is 12.3. The minimum Gasteiger partial charge on any atom is -0.492 e. The van der Waals surface area contributed by atoms with E-state index in [4.69, 9.17) is 4.74 Å². The van der Waals surface area contributed by atoms with Crippen molar-refractivity contribution < 1.29 is 17.9 Å². The molecule has 2 aromatic carbocycles. The molecule has 0 aromatic heterocycles. The first kappa shape index (κ1) is 20.4. The monoisotopic (exact) mass is 440 g/mol. The first-order valence-corrected chi connectivity index (χ1v) is 10.2. The van der Waals surface area contributed by atoms with Crippen LogP contribution in [0.3, 0.4) is 0 Å². The van der Waals surface area contributed by atoms with Gasteiger partial charge in [-0.2, -0.15) is 4.31 Å². The average molecular weight is 441 g/mol. The quantitative estimate of drug-likeness (QED) is 0.639. The third kappa shape index (κ3) is 5.82. The second-order valence-corrected chi connectivity index (χ2v) is 8.69. The van der Waals surface area contributed by atoms with E-state index in [9.17, 15) is 13.2 Å². The maximum absolute atomic E-state index is 12.4. The molecule has 0 aliphatic heterocycles. The highest BCUT2D eigenvalue weighted by Crippen LogP contribution is 2.17. The lowest BCUT2D eigenvalue weighted by molar-refractivity contribution is -0.121. The van der Waals surface area contributed by atoms with Crippen LogP contribution in [0, 0.1) is 6.92 Å². The van der Waals surface area contributed by atoms with Gasteiger partial charge in [0.1, 0.15) is 12.4 Å². The highest BCUT2D eigenvalue weighted by molar-refractivity contribution is 9.10. The van der Waals surface area contributed by atoms with Crippen LogP contribution in [0.2, 0.25) is 0 Å². The Labute approximate surface area is 162 Å². The summed E-state index contributed by atoms with van der Waals surface area (Å²) in [4.78, 5) is 12.1. The number of rotatable bonds is 8. The summed E-state index contributed by atoms with van der Waals surface area (Å²) >= 11 is 3.26. The molecule has 0 unspecified atom stereocenters. The van der Waals surface area contributed by atoms with Crippen LogP contribution >= 0.6 is 15.9 Å². The van der Waals surface area contributed by atoms with Gasteiger partial charge < -0.3 is 10.1 Å². The number of halogens is 1. The van der Waals surface area contributed by atoms with Gasteiger partial charge >= 0.3 is 0 Å². The zero-order valence-corrected chi connectivity index (χ0v) is 17.0. The van der Waals surface area contributed by atoms with Crippen molar-refractivity contribution in [3.63, 3.8) is 0 Å². The van der Waals surface area contributed by atoms with Crippen LogP contribution in [0.15, 0.2) is 57.9 Å². The van der Waals surface area contributed by atoms with Crippen LogP contribution in [-0.4, -0.2) is 45.4 Å². The van der Waals surface area contributed by atoms with E-state index >= 15 is 0 Å². The Morgan fingerprint density at radius 1 is 1.12 bits per heavy atom. The number of amides is 1. The lowest BCUT2D eigenvalue weighted by atomic mass is 10.2. The topological polar surface area (TPSA) is 75.7 Å². The Balaban J connectivity index is 1.79. The molecule has 1 amide bonds. The average Bonchev–Trinajstić information content (AvgIpc) is 2.60. The van der Waals surface area contributed by atoms with Crippen molar-refractivity contribution in [1.82, 2.24) is 9.62 Å². The standard InChI is InChI=1S/C18H21BrN2O4S/c1-14-3-7-16(8-4-14)25-12-11-20-18(22)13-21(2)26(23,24)17-9-5-15(19)6-10-17/h3-10H,11-13H2,1-2H3,(H,20,22). The van der Waals surface area contributed by atoms with Gasteiger partial charge in [0, 0.05) is 11.5 Å². The number of nitrogens with zero attached hydrogens (tertiary/aromatic N) is 1. The predicted octanol–water partition coefficient (Wildman–Crippen LogP) is 2.57. The zero-order valence-electron chi connectivity index (χ0n) is 14.6. The van der Waals surface area contributed by atoms with E-state index in [2.05, 4.69) is 21.2 Å². The molecule has 26 heavy (non-hydrogen) atoms. The third-order valence-electron chi connectivity index (χ3n) is 3.60. The number of ether oxygens (including phenoxy) is 1. The Bertz CT molecular complexity index is 836. The van der Waals surface area contributed by atoms with Gasteiger partial charge in [0.2, 0.25) is 15.9 Å². The van der Waals surface area contributed by atoms with Crippen molar-refractivity contribution in [3.05, 3.63) is 58.6 Å². The summed E-state index contributed by atoms with van der Waals surface area (Å²) in [6.45, 7) is 2.32. The summed E-state index contributed by atoms with van der Waals surface area (Å²) < 4.78 is 32.2. The molecule has 0 saturated heterocycles. The van der Waals surface area contributed by atoms with Gasteiger partial charge in [-0.05, 0) is 43.3 Å². The number of aryl methyl sites for hydroxylation is 1. The Kier molecular flexibility index (Phi) is 7.19. The van der Waals surface area contributed by atoms with Gasteiger partial charge in [0.15, 0.2) is 0 Å². The highest BCUT2D eigenvalue weighted by atomic mass is 79.9. The van der Waals surface area contributed by atoms with Crippen molar-refractivity contribution in [2.75, 3.05) is 26.7 Å². The fraction of sp³-hybridized carbons (Fsp3) is 0.278. The van der Waals surface area contributed by atoms with Gasteiger partial charge in [0.25, 0.3) is 0 Å². The molecule has 8 heteroatoms. The van der Waals surface area contributed by atoms with Gasteiger partial charge in [-0.3, -0.25) is 4.79 Å². The molecule has 0 bridgehead atoms. The SMILES string of the molecule is Cc1ccc(OCCNC(=O)CN(C)S(=O)(=O)c2ccc(Br)cc2)cc1. The number of likely N-dealkylation sites (N-methyl/N-ethyl adjacent to an activating group) is 1. The molecule has 0 heterocycles. The summed E-state index contributed by atoms with van der Waals surface area (Å²) in [6.07, 6.45) is 0. The van der Waals surface area contributed by atoms with Gasteiger partial charge in [-0.25, -0.2) is 8.42 Å². The molecular weight excluding hydrogens is 420 g/mol. The van der Waals surface area contributed by atoms with E-state index in [0.717, 1.165) is 20.1 Å². The maximum Gasteiger partial charge on any atom is 0.243 e. The van der Waals surface area contributed by atoms with Gasteiger partial charge in [-0.1, -0.05) is 33.6 Å². The minimum absolute atomic E-state index is 0.138. The number of carbonyl (C=O) groups is 1. The third-order valence-corrected chi connectivity index (χ3v) is 5.95. The molecule has 2 rings (SSSR count). The summed E-state index contributed by atoms with van der Waals surface area (Å²) in [5.74, 6) is 0.334. The number of nitrogens with one attached hydrogen (secondary N) is 1. The second-order valence-electron chi connectivity index (χ2n) is 5.73. The molecule has 0 spiro atoms. The molecule has 0 atom stereocenters. The number of sulfonamides is 1. The van der Waals surface area contributed by atoms with Crippen molar-refractivity contribution in [3.8, 4) is 5.75 Å². The molecule has 0 aliphatic carbocycles. The smallest absolute Gasteiger partial charge is 0.243 e. The Morgan fingerprint density at radius 2 is 1.73 bits per heavy atom. The lowest BCUT2D eigenvalue weighted by Gasteiger charge is -2.17. The zero-order chi connectivity index (χ0) is 19.2. The van der Waals surface area contributed by atoms with Crippen molar-refractivity contribution in [2.45, 2.75) is 11.8 Å². The maximum atomic E-state index is 12.4. The van der Waals surface area contributed by atoms with E-state index in [1.165, 1.54) is 19.2 Å². The van der Waals surface area contributed by atoms with Crippen molar-refractivity contribution in [2.24, 2.45) is 0 Å². The van der Waals surface area contributed by atoms with E-state index < -0.39 is 10.0 Å². The van der Waals surface area contributed by atoms with Crippen LogP contribution in [0.1, 0.15) is 5.56 Å². The van der Waals surface area contributed by atoms with E-state index in [1.54, 1.807) is 12.1 Å². The molecule has 140 valence electrons. The Hall–Kier alpha value is -1.90.